The highest BCUT2D eigenvalue weighted by Gasteiger charge is 2.33. The van der Waals surface area contributed by atoms with Crippen LogP contribution in [0.25, 0.3) is 22.5 Å². The van der Waals surface area contributed by atoms with E-state index in [-0.39, 0.29) is 46.0 Å². The second-order valence-electron chi connectivity index (χ2n) is 15.3. The van der Waals surface area contributed by atoms with Crippen LogP contribution in [-0.4, -0.2) is 97.6 Å². The third-order valence-electron chi connectivity index (χ3n) is 11.0. The summed E-state index contributed by atoms with van der Waals surface area (Å²) in [6.45, 7) is 9.26. The molecule has 2 aromatic heterocycles. The summed E-state index contributed by atoms with van der Waals surface area (Å²) < 4.78 is 54.7. The number of hydrogen-bond acceptors (Lipinski definition) is 14. The van der Waals surface area contributed by atoms with Gasteiger partial charge in [0.15, 0.2) is 10.3 Å². The molecule has 65 heavy (non-hydrogen) atoms. The van der Waals surface area contributed by atoms with Gasteiger partial charge >= 0.3 is 0 Å². The Labute approximate surface area is 395 Å². The molecule has 22 heteroatoms. The first-order chi connectivity index (χ1) is 31.0. The van der Waals surface area contributed by atoms with E-state index in [1.165, 1.54) is 61.1 Å². The highest BCUT2D eigenvalue weighted by Crippen LogP contribution is 2.35. The number of nitro groups is 2. The Balaban J connectivity index is 0.000000194. The SMILES string of the molecule is CCCc1ccc(-c2csc(N3CCN(S(=O)(=O)c4ccc(Cl)c([N+](=O)[O-])c4)CC3)n2)cc1.Cc1cccc(C)c1-c1csc(N2CCN(S(=O)(=O)c3ccc(Cl)c([N+](=O)[O-])c3)CC2)n1. The number of nitro benzene ring substituents is 2. The summed E-state index contributed by atoms with van der Waals surface area (Å²) in [5.74, 6) is 0. The van der Waals surface area contributed by atoms with Crippen LogP contribution in [0.2, 0.25) is 10.0 Å². The lowest BCUT2D eigenvalue weighted by Crippen LogP contribution is -2.48. The van der Waals surface area contributed by atoms with Gasteiger partial charge in [-0.1, -0.05) is 79.0 Å². The number of anilines is 2. The maximum absolute atomic E-state index is 13.0. The fourth-order valence-electron chi connectivity index (χ4n) is 7.54. The van der Waals surface area contributed by atoms with Gasteiger partial charge in [-0.2, -0.15) is 8.61 Å². The van der Waals surface area contributed by atoms with Crippen molar-refractivity contribution in [2.24, 2.45) is 0 Å². The Bertz CT molecular complexity index is 2910. The molecule has 0 bridgehead atoms. The fourth-order valence-corrected chi connectivity index (χ4v) is 12.6. The predicted octanol–water partition coefficient (Wildman–Crippen LogP) is 9.33. The molecule has 2 saturated heterocycles. The lowest BCUT2D eigenvalue weighted by Gasteiger charge is -2.33. The van der Waals surface area contributed by atoms with Gasteiger partial charge in [0.2, 0.25) is 20.0 Å². The molecule has 6 aromatic rings. The van der Waals surface area contributed by atoms with Gasteiger partial charge in [0, 0.05) is 86.4 Å². The number of rotatable bonds is 12. The summed E-state index contributed by atoms with van der Waals surface area (Å²) in [4.78, 5) is 34.3. The molecular weight excluding hydrogens is 956 g/mol. The number of nitrogens with zero attached hydrogens (tertiary/aromatic N) is 8. The number of aromatic nitrogens is 2. The minimum absolute atomic E-state index is 0.0941. The van der Waals surface area contributed by atoms with Crippen LogP contribution in [0.15, 0.2) is 99.4 Å². The monoisotopic (exact) mass is 998 g/mol. The molecule has 0 spiro atoms. The van der Waals surface area contributed by atoms with Gasteiger partial charge < -0.3 is 9.80 Å². The first-order valence-corrected chi connectivity index (χ1v) is 25.8. The Morgan fingerprint density at radius 1 is 0.631 bits per heavy atom. The van der Waals surface area contributed by atoms with Crippen LogP contribution < -0.4 is 9.80 Å². The highest BCUT2D eigenvalue weighted by molar-refractivity contribution is 7.89. The first kappa shape index (κ1) is 47.9. The second kappa shape index (κ2) is 20.2. The normalized spacial score (nSPS) is 15.1. The van der Waals surface area contributed by atoms with Crippen LogP contribution in [0.3, 0.4) is 0 Å². The molecule has 8 rings (SSSR count). The van der Waals surface area contributed by atoms with Crippen LogP contribution in [0.4, 0.5) is 21.6 Å². The standard InChI is InChI=1S/C22H23ClN4O4S2.C21H21ClN4O4S2/c1-2-3-16-4-6-17(7-5-16)20-15-32-22(24-20)25-10-12-26(13-11-25)33(30,31)18-8-9-19(23)21(14-18)27(28)29;1-14-4-3-5-15(2)20(14)18-13-31-21(23-18)24-8-10-25(11-9-24)32(29,30)16-6-7-17(22)19(12-16)26(27)28/h4-9,14-15H,2-3,10-13H2,1H3;3-7,12-13H,8-11H2,1-2H3. The maximum atomic E-state index is 13.0. The molecule has 0 unspecified atom stereocenters. The third-order valence-corrected chi connectivity index (χ3v) is 17.3. The molecule has 2 aliphatic rings. The summed E-state index contributed by atoms with van der Waals surface area (Å²) in [5.41, 5.74) is 6.79. The van der Waals surface area contributed by atoms with E-state index in [0.29, 0.717) is 26.2 Å². The van der Waals surface area contributed by atoms with Crippen molar-refractivity contribution in [3.05, 3.63) is 137 Å². The molecule has 0 saturated carbocycles. The van der Waals surface area contributed by atoms with Crippen molar-refractivity contribution < 1.29 is 26.7 Å². The Morgan fingerprint density at radius 2 is 1.06 bits per heavy atom. The van der Waals surface area contributed by atoms with Gasteiger partial charge in [-0.25, -0.2) is 26.8 Å². The van der Waals surface area contributed by atoms with Crippen LogP contribution in [0.5, 0.6) is 0 Å². The molecule has 0 aliphatic carbocycles. The van der Waals surface area contributed by atoms with E-state index in [1.54, 1.807) is 0 Å². The van der Waals surface area contributed by atoms with Gasteiger partial charge in [0.1, 0.15) is 10.0 Å². The van der Waals surface area contributed by atoms with E-state index >= 15 is 0 Å². The summed E-state index contributed by atoms with van der Waals surface area (Å²) in [7, 11) is -7.72. The van der Waals surface area contributed by atoms with E-state index in [0.717, 1.165) is 68.9 Å². The van der Waals surface area contributed by atoms with Crippen LogP contribution in [0.1, 0.15) is 30.0 Å². The van der Waals surface area contributed by atoms with Gasteiger partial charge in [-0.3, -0.25) is 20.2 Å². The minimum atomic E-state index is -3.86. The average molecular weight is 1000 g/mol. The van der Waals surface area contributed by atoms with Crippen molar-refractivity contribution >= 4 is 87.6 Å². The average Bonchev–Trinajstić information content (AvgIpc) is 3.99. The summed E-state index contributed by atoms with van der Waals surface area (Å²) in [6.07, 6.45) is 2.16. The Hall–Kier alpha value is -5.06. The van der Waals surface area contributed by atoms with Crippen molar-refractivity contribution in [3.63, 3.8) is 0 Å². The van der Waals surface area contributed by atoms with Crippen molar-refractivity contribution in [1.82, 2.24) is 18.6 Å². The third kappa shape index (κ3) is 10.7. The van der Waals surface area contributed by atoms with E-state index in [9.17, 15) is 37.1 Å². The quantitative estimate of drug-likeness (QED) is 0.0835. The van der Waals surface area contributed by atoms with Crippen molar-refractivity contribution in [2.45, 2.75) is 43.4 Å². The van der Waals surface area contributed by atoms with E-state index < -0.39 is 41.3 Å². The molecule has 2 fully saturated rings. The summed E-state index contributed by atoms with van der Waals surface area (Å²) >= 11 is 14.7. The highest BCUT2D eigenvalue weighted by atomic mass is 35.5. The molecule has 0 atom stereocenters. The van der Waals surface area contributed by atoms with E-state index in [1.807, 2.05) is 16.8 Å². The van der Waals surface area contributed by atoms with Crippen molar-refractivity contribution in [1.29, 1.82) is 0 Å². The molecule has 16 nitrogen and oxygen atoms in total. The molecule has 0 N–H and O–H groups in total. The summed E-state index contributed by atoms with van der Waals surface area (Å²) in [5, 5.41) is 27.8. The van der Waals surface area contributed by atoms with Crippen LogP contribution >= 0.6 is 45.9 Å². The van der Waals surface area contributed by atoms with Gasteiger partial charge in [0.25, 0.3) is 11.4 Å². The van der Waals surface area contributed by atoms with E-state index in [4.69, 9.17) is 33.2 Å². The number of piperazine rings is 2. The molecular formula is C43H44Cl2N8O8S4. The largest absolute Gasteiger partial charge is 0.345 e. The zero-order chi connectivity index (χ0) is 46.6. The zero-order valence-electron chi connectivity index (χ0n) is 35.5. The van der Waals surface area contributed by atoms with Gasteiger partial charge in [-0.05, 0) is 61.2 Å². The van der Waals surface area contributed by atoms with E-state index in [2.05, 4.69) is 67.0 Å². The lowest BCUT2D eigenvalue weighted by molar-refractivity contribution is -0.385. The molecule has 4 aromatic carbocycles. The van der Waals surface area contributed by atoms with Crippen LogP contribution in [0, 0.1) is 34.1 Å². The number of sulfonamides is 2. The predicted molar refractivity (Wildman–Crippen MR) is 257 cm³/mol. The smallest absolute Gasteiger partial charge is 0.289 e. The fraction of sp³-hybridized carbons (Fsp3) is 0.302. The number of aryl methyl sites for hydroxylation is 3. The molecule has 342 valence electrons. The first-order valence-electron chi connectivity index (χ1n) is 20.4. The molecule has 0 amide bonds. The summed E-state index contributed by atoms with van der Waals surface area (Å²) in [6, 6.07) is 21.7. The van der Waals surface area contributed by atoms with Gasteiger partial charge in [-0.15, -0.1) is 22.7 Å². The lowest BCUT2D eigenvalue weighted by atomic mass is 10.0. The zero-order valence-corrected chi connectivity index (χ0v) is 40.2. The Morgan fingerprint density at radius 3 is 1.49 bits per heavy atom. The van der Waals surface area contributed by atoms with Gasteiger partial charge in [0.05, 0.1) is 31.0 Å². The number of hydrogen-bond donors (Lipinski definition) is 0. The maximum Gasteiger partial charge on any atom is 0.289 e. The molecule has 2 aliphatic heterocycles. The number of benzene rings is 4. The topological polar surface area (TPSA) is 193 Å². The number of halogens is 2. The second-order valence-corrected chi connectivity index (χ2v) is 21.6. The van der Waals surface area contributed by atoms with Crippen molar-refractivity contribution in [3.8, 4) is 22.5 Å². The Kier molecular flexibility index (Phi) is 14.9. The van der Waals surface area contributed by atoms with Crippen LogP contribution in [-0.2, 0) is 26.5 Å². The number of thiazole rings is 2. The van der Waals surface area contributed by atoms with Crippen molar-refractivity contribution in [2.75, 3.05) is 62.2 Å². The molecule has 0 radical (unpaired) electrons. The molecule has 4 heterocycles. The minimum Gasteiger partial charge on any atom is -0.345 e.